The van der Waals surface area contributed by atoms with E-state index in [9.17, 15) is 4.79 Å². The summed E-state index contributed by atoms with van der Waals surface area (Å²) >= 11 is 0. The van der Waals surface area contributed by atoms with Gasteiger partial charge in [0.2, 0.25) is 0 Å². The molecule has 1 N–H and O–H groups in total. The molecule has 0 saturated heterocycles. The maximum absolute atomic E-state index is 12.4. The average Bonchev–Trinajstić information content (AvgIpc) is 2.83. The van der Waals surface area contributed by atoms with Crippen LogP contribution in [0.25, 0.3) is 21.9 Å². The van der Waals surface area contributed by atoms with E-state index < -0.39 is 6.10 Å². The molecule has 4 aromatic rings. The number of hydrogen-bond acceptors (Lipinski definition) is 3. The number of fused-ring (bicyclic) bond motifs is 1. The predicted molar refractivity (Wildman–Crippen MR) is 126 cm³/mol. The molecule has 4 aromatic carbocycles. The zero-order valence-corrected chi connectivity index (χ0v) is 17.6. The van der Waals surface area contributed by atoms with Gasteiger partial charge in [-0.3, -0.25) is 4.79 Å². The molecule has 31 heavy (non-hydrogen) atoms. The quantitative estimate of drug-likeness (QED) is 0.323. The van der Waals surface area contributed by atoms with Gasteiger partial charge in [0.15, 0.2) is 6.10 Å². The van der Waals surface area contributed by atoms with Crippen LogP contribution in [-0.4, -0.2) is 17.7 Å². The van der Waals surface area contributed by atoms with Crippen LogP contribution in [0.1, 0.15) is 19.4 Å². The molecule has 154 valence electrons. The van der Waals surface area contributed by atoms with Crippen LogP contribution in [0.5, 0.6) is 5.75 Å². The molecular weight excluding hydrogens is 384 g/mol. The van der Waals surface area contributed by atoms with Crippen molar-refractivity contribution in [2.24, 2.45) is 5.10 Å². The highest BCUT2D eigenvalue weighted by atomic mass is 16.5. The monoisotopic (exact) mass is 408 g/mol. The molecule has 1 atom stereocenters. The summed E-state index contributed by atoms with van der Waals surface area (Å²) in [6.07, 6.45) is -0.668. The number of benzene rings is 4. The summed E-state index contributed by atoms with van der Waals surface area (Å²) in [4.78, 5) is 12.4. The number of carbonyl (C=O) groups excluding carboxylic acids is 1. The van der Waals surface area contributed by atoms with Crippen molar-refractivity contribution in [2.75, 3.05) is 0 Å². The van der Waals surface area contributed by atoms with E-state index in [1.807, 2.05) is 79.7 Å². The third kappa shape index (κ3) is 4.98. The molecule has 0 saturated carbocycles. The van der Waals surface area contributed by atoms with Gasteiger partial charge < -0.3 is 4.74 Å². The van der Waals surface area contributed by atoms with Gasteiger partial charge in [-0.1, -0.05) is 84.9 Å². The molecule has 0 aliphatic heterocycles. The van der Waals surface area contributed by atoms with Crippen LogP contribution in [-0.2, 0) is 4.79 Å². The fraction of sp³-hybridized carbons (Fsp3) is 0.111. The van der Waals surface area contributed by atoms with E-state index in [1.165, 1.54) is 0 Å². The lowest BCUT2D eigenvalue weighted by molar-refractivity contribution is -0.127. The maximum Gasteiger partial charge on any atom is 0.280 e. The van der Waals surface area contributed by atoms with Gasteiger partial charge in [0.25, 0.3) is 5.91 Å². The molecule has 0 aliphatic carbocycles. The fourth-order valence-corrected chi connectivity index (χ4v) is 3.33. The van der Waals surface area contributed by atoms with E-state index in [1.54, 1.807) is 6.92 Å². The minimum absolute atomic E-state index is 0.298. The van der Waals surface area contributed by atoms with Gasteiger partial charge in [0.1, 0.15) is 5.75 Å². The molecule has 1 amide bonds. The molecule has 4 heteroatoms. The number of hydrazone groups is 1. The summed E-state index contributed by atoms with van der Waals surface area (Å²) in [6, 6.07) is 32.1. The lowest BCUT2D eigenvalue weighted by atomic mass is 10.0. The van der Waals surface area contributed by atoms with Crippen LogP contribution in [0.15, 0.2) is 102 Å². The van der Waals surface area contributed by atoms with E-state index in [-0.39, 0.29) is 5.91 Å². The lowest BCUT2D eigenvalue weighted by Crippen LogP contribution is -2.33. The van der Waals surface area contributed by atoms with Gasteiger partial charge in [0.05, 0.1) is 5.71 Å². The van der Waals surface area contributed by atoms with Gasteiger partial charge in [-0.2, -0.15) is 5.10 Å². The van der Waals surface area contributed by atoms with E-state index in [2.05, 4.69) is 34.8 Å². The van der Waals surface area contributed by atoms with Crippen molar-refractivity contribution in [2.45, 2.75) is 20.0 Å². The normalized spacial score (nSPS) is 12.4. The molecule has 1 unspecified atom stereocenters. The van der Waals surface area contributed by atoms with Gasteiger partial charge >= 0.3 is 0 Å². The summed E-state index contributed by atoms with van der Waals surface area (Å²) in [6.45, 7) is 3.58. The lowest BCUT2D eigenvalue weighted by Gasteiger charge is -2.14. The molecular formula is C27H24N2O2. The first-order valence-corrected chi connectivity index (χ1v) is 10.3. The number of amides is 1. The summed E-state index contributed by atoms with van der Waals surface area (Å²) in [7, 11) is 0. The maximum atomic E-state index is 12.4. The van der Waals surface area contributed by atoms with Crippen molar-refractivity contribution in [3.63, 3.8) is 0 Å². The van der Waals surface area contributed by atoms with Crippen molar-refractivity contribution < 1.29 is 9.53 Å². The molecule has 0 heterocycles. The Labute approximate surface area is 182 Å². The Bertz CT molecular complexity index is 1210. The number of ether oxygens (including phenoxy) is 1. The minimum Gasteiger partial charge on any atom is -0.481 e. The molecule has 0 radical (unpaired) electrons. The van der Waals surface area contributed by atoms with Crippen LogP contribution in [0, 0.1) is 0 Å². The topological polar surface area (TPSA) is 50.7 Å². The smallest absolute Gasteiger partial charge is 0.280 e. The highest BCUT2D eigenvalue weighted by Crippen LogP contribution is 2.22. The van der Waals surface area contributed by atoms with Crippen LogP contribution < -0.4 is 10.2 Å². The number of hydrogen-bond donors (Lipinski definition) is 1. The third-order valence-corrected chi connectivity index (χ3v) is 5.15. The molecule has 0 bridgehead atoms. The Balaban J connectivity index is 1.38. The predicted octanol–water partition coefficient (Wildman–Crippen LogP) is 5.81. The second kappa shape index (κ2) is 9.26. The van der Waals surface area contributed by atoms with E-state index in [0.717, 1.165) is 33.2 Å². The summed E-state index contributed by atoms with van der Waals surface area (Å²) in [5.41, 5.74) is 6.58. The third-order valence-electron chi connectivity index (χ3n) is 5.15. The Morgan fingerprint density at radius 2 is 1.45 bits per heavy atom. The first-order chi connectivity index (χ1) is 15.1. The Hall–Kier alpha value is -3.92. The highest BCUT2D eigenvalue weighted by molar-refractivity contribution is 5.99. The van der Waals surface area contributed by atoms with Crippen molar-refractivity contribution in [3.8, 4) is 16.9 Å². The van der Waals surface area contributed by atoms with Crippen LogP contribution >= 0.6 is 0 Å². The van der Waals surface area contributed by atoms with Crippen molar-refractivity contribution in [3.05, 3.63) is 103 Å². The summed E-state index contributed by atoms with van der Waals surface area (Å²) in [5, 5.41) is 6.45. The SMILES string of the molecule is CC(=NNC(=O)C(C)Oc1ccc2ccccc2c1)c1ccc(-c2ccccc2)cc1. The second-order valence-corrected chi connectivity index (χ2v) is 7.39. The standard InChI is InChI=1S/C27H24N2O2/c1-19(21-12-14-24(15-13-21)22-8-4-3-5-9-22)28-29-27(30)20(2)31-26-17-16-23-10-6-7-11-25(23)18-26/h3-18,20H,1-2H3,(H,29,30). The van der Waals surface area contributed by atoms with E-state index in [0.29, 0.717) is 5.75 Å². The number of rotatable bonds is 6. The number of carbonyl (C=O) groups is 1. The van der Waals surface area contributed by atoms with Crippen molar-refractivity contribution >= 4 is 22.4 Å². The molecule has 0 aromatic heterocycles. The Kier molecular flexibility index (Phi) is 6.08. The summed E-state index contributed by atoms with van der Waals surface area (Å²) < 4.78 is 5.81. The Morgan fingerprint density at radius 3 is 2.19 bits per heavy atom. The zero-order chi connectivity index (χ0) is 21.6. The Morgan fingerprint density at radius 1 is 0.806 bits per heavy atom. The van der Waals surface area contributed by atoms with Gasteiger partial charge in [-0.05, 0) is 53.4 Å². The van der Waals surface area contributed by atoms with Crippen molar-refractivity contribution in [1.29, 1.82) is 0 Å². The zero-order valence-electron chi connectivity index (χ0n) is 17.6. The van der Waals surface area contributed by atoms with Gasteiger partial charge in [0, 0.05) is 0 Å². The van der Waals surface area contributed by atoms with Crippen LogP contribution in [0.4, 0.5) is 0 Å². The molecule has 4 rings (SSSR count). The fourth-order valence-electron chi connectivity index (χ4n) is 3.33. The van der Waals surface area contributed by atoms with Crippen LogP contribution in [0.3, 0.4) is 0 Å². The second-order valence-electron chi connectivity index (χ2n) is 7.39. The molecule has 0 aliphatic rings. The summed E-state index contributed by atoms with van der Waals surface area (Å²) in [5.74, 6) is 0.354. The molecule has 0 fully saturated rings. The largest absolute Gasteiger partial charge is 0.481 e. The van der Waals surface area contributed by atoms with Crippen LogP contribution in [0.2, 0.25) is 0 Å². The average molecular weight is 409 g/mol. The number of nitrogens with one attached hydrogen (secondary N) is 1. The molecule has 0 spiro atoms. The highest BCUT2D eigenvalue weighted by Gasteiger charge is 2.14. The first-order valence-electron chi connectivity index (χ1n) is 10.3. The van der Waals surface area contributed by atoms with Gasteiger partial charge in [-0.25, -0.2) is 5.43 Å². The van der Waals surface area contributed by atoms with E-state index in [4.69, 9.17) is 4.74 Å². The minimum atomic E-state index is -0.668. The number of nitrogens with zero attached hydrogens (tertiary/aromatic N) is 1. The van der Waals surface area contributed by atoms with E-state index >= 15 is 0 Å². The molecule has 4 nitrogen and oxygen atoms in total. The van der Waals surface area contributed by atoms with Crippen molar-refractivity contribution in [1.82, 2.24) is 5.43 Å². The first kappa shape index (κ1) is 20.4. The van der Waals surface area contributed by atoms with Gasteiger partial charge in [-0.15, -0.1) is 0 Å².